The molecule has 1 heterocycles. The molecule has 1 saturated heterocycles. The molecule has 1 aliphatic rings. The van der Waals surface area contributed by atoms with Crippen LogP contribution in [0.3, 0.4) is 0 Å². The number of morpholine rings is 1. The van der Waals surface area contributed by atoms with Crippen LogP contribution in [0.1, 0.15) is 35.3 Å². The smallest absolute Gasteiger partial charge is 0.251 e. The van der Waals surface area contributed by atoms with E-state index in [0.717, 1.165) is 0 Å². The SMILES string of the molecule is Cc1ccc(CNC(=O)c2ccc(S(=O)(=O)N3CC(C)OC(C)C3)cc2)cc1F. The molecule has 2 atom stereocenters. The topological polar surface area (TPSA) is 75.7 Å². The van der Waals surface area contributed by atoms with Gasteiger partial charge < -0.3 is 10.1 Å². The second-order valence-corrected chi connectivity index (χ2v) is 9.31. The van der Waals surface area contributed by atoms with Crippen molar-refractivity contribution in [3.63, 3.8) is 0 Å². The van der Waals surface area contributed by atoms with E-state index < -0.39 is 10.0 Å². The van der Waals surface area contributed by atoms with Gasteiger partial charge in [-0.05, 0) is 62.2 Å². The predicted molar refractivity (Wildman–Crippen MR) is 108 cm³/mol. The number of carbonyl (C=O) groups excluding carboxylic acids is 1. The van der Waals surface area contributed by atoms with E-state index in [4.69, 9.17) is 4.74 Å². The lowest BCUT2D eigenvalue weighted by Gasteiger charge is -2.34. The maximum atomic E-state index is 13.6. The molecule has 1 N–H and O–H groups in total. The number of benzene rings is 2. The Labute approximate surface area is 170 Å². The maximum Gasteiger partial charge on any atom is 0.251 e. The Morgan fingerprint density at radius 3 is 2.34 bits per heavy atom. The van der Waals surface area contributed by atoms with Crippen molar-refractivity contribution in [2.24, 2.45) is 0 Å². The molecule has 1 amide bonds. The molecule has 0 spiro atoms. The van der Waals surface area contributed by atoms with E-state index in [-0.39, 0.29) is 35.4 Å². The monoisotopic (exact) mass is 420 g/mol. The summed E-state index contributed by atoms with van der Waals surface area (Å²) in [5.41, 5.74) is 1.53. The van der Waals surface area contributed by atoms with Crippen LogP contribution >= 0.6 is 0 Å². The first-order chi connectivity index (χ1) is 13.7. The van der Waals surface area contributed by atoms with Crippen LogP contribution in [0.2, 0.25) is 0 Å². The normalized spacial score (nSPS) is 20.4. The van der Waals surface area contributed by atoms with Crippen LogP contribution < -0.4 is 5.32 Å². The molecule has 0 saturated carbocycles. The van der Waals surface area contributed by atoms with Crippen molar-refractivity contribution < 1.29 is 22.3 Å². The number of halogens is 1. The highest BCUT2D eigenvalue weighted by atomic mass is 32.2. The summed E-state index contributed by atoms with van der Waals surface area (Å²) in [5.74, 6) is -0.679. The van der Waals surface area contributed by atoms with Gasteiger partial charge in [0.05, 0.1) is 17.1 Å². The van der Waals surface area contributed by atoms with Crippen molar-refractivity contribution >= 4 is 15.9 Å². The van der Waals surface area contributed by atoms with Gasteiger partial charge >= 0.3 is 0 Å². The van der Waals surface area contributed by atoms with Gasteiger partial charge in [-0.2, -0.15) is 4.31 Å². The second kappa shape index (κ2) is 8.61. The largest absolute Gasteiger partial charge is 0.373 e. The highest BCUT2D eigenvalue weighted by molar-refractivity contribution is 7.89. The lowest BCUT2D eigenvalue weighted by atomic mass is 10.1. The van der Waals surface area contributed by atoms with E-state index in [2.05, 4.69) is 5.32 Å². The quantitative estimate of drug-likeness (QED) is 0.807. The molecule has 6 nitrogen and oxygen atoms in total. The van der Waals surface area contributed by atoms with Gasteiger partial charge in [0, 0.05) is 25.2 Å². The van der Waals surface area contributed by atoms with Gasteiger partial charge in [0.1, 0.15) is 5.82 Å². The summed E-state index contributed by atoms with van der Waals surface area (Å²) in [6.07, 6.45) is -0.352. The molecule has 29 heavy (non-hydrogen) atoms. The van der Waals surface area contributed by atoms with Gasteiger partial charge in [0.15, 0.2) is 0 Å². The van der Waals surface area contributed by atoms with Crippen LogP contribution in [-0.4, -0.2) is 43.9 Å². The number of hydrogen-bond donors (Lipinski definition) is 1. The summed E-state index contributed by atoms with van der Waals surface area (Å²) >= 11 is 0. The van der Waals surface area contributed by atoms with E-state index in [1.54, 1.807) is 19.1 Å². The molecular formula is C21H25FN2O4S. The van der Waals surface area contributed by atoms with E-state index in [0.29, 0.717) is 29.8 Å². The zero-order valence-electron chi connectivity index (χ0n) is 16.7. The lowest BCUT2D eigenvalue weighted by Crippen LogP contribution is -2.48. The highest BCUT2D eigenvalue weighted by Gasteiger charge is 2.32. The van der Waals surface area contributed by atoms with E-state index >= 15 is 0 Å². The third kappa shape index (κ3) is 5.01. The summed E-state index contributed by atoms with van der Waals surface area (Å²) < 4.78 is 46.3. The molecule has 1 fully saturated rings. The van der Waals surface area contributed by atoms with Crippen molar-refractivity contribution in [3.8, 4) is 0 Å². The number of aryl methyl sites for hydroxylation is 1. The lowest BCUT2D eigenvalue weighted by molar-refractivity contribution is -0.0440. The number of nitrogens with one attached hydrogen (secondary N) is 1. The zero-order chi connectivity index (χ0) is 21.2. The van der Waals surface area contributed by atoms with Crippen LogP contribution in [0.15, 0.2) is 47.4 Å². The van der Waals surface area contributed by atoms with Crippen molar-refractivity contribution in [2.75, 3.05) is 13.1 Å². The Kier molecular flexibility index (Phi) is 6.36. The first-order valence-corrected chi connectivity index (χ1v) is 10.9. The van der Waals surface area contributed by atoms with Gasteiger partial charge in [0.2, 0.25) is 10.0 Å². The summed E-state index contributed by atoms with van der Waals surface area (Å²) in [6, 6.07) is 10.6. The minimum Gasteiger partial charge on any atom is -0.373 e. The average molecular weight is 421 g/mol. The van der Waals surface area contributed by atoms with Crippen LogP contribution in [-0.2, 0) is 21.3 Å². The van der Waals surface area contributed by atoms with E-state index in [1.165, 1.54) is 34.6 Å². The molecule has 2 aromatic carbocycles. The van der Waals surface area contributed by atoms with E-state index in [1.807, 2.05) is 13.8 Å². The van der Waals surface area contributed by atoms with Crippen molar-refractivity contribution in [1.82, 2.24) is 9.62 Å². The van der Waals surface area contributed by atoms with Gasteiger partial charge in [0.25, 0.3) is 5.91 Å². The first-order valence-electron chi connectivity index (χ1n) is 9.45. The van der Waals surface area contributed by atoms with Gasteiger partial charge in [-0.25, -0.2) is 12.8 Å². The Hall–Kier alpha value is -2.29. The fourth-order valence-corrected chi connectivity index (χ4v) is 4.88. The fraction of sp³-hybridized carbons (Fsp3) is 0.381. The molecule has 0 bridgehead atoms. The summed E-state index contributed by atoms with van der Waals surface area (Å²) in [5, 5.41) is 2.71. The molecule has 1 aliphatic heterocycles. The van der Waals surface area contributed by atoms with Gasteiger partial charge in [-0.1, -0.05) is 12.1 Å². The number of rotatable bonds is 5. The summed E-state index contributed by atoms with van der Waals surface area (Å²) in [4.78, 5) is 12.5. The molecule has 2 aromatic rings. The van der Waals surface area contributed by atoms with Gasteiger partial charge in [-0.3, -0.25) is 4.79 Å². The van der Waals surface area contributed by atoms with Gasteiger partial charge in [-0.15, -0.1) is 0 Å². The maximum absolute atomic E-state index is 13.6. The fourth-order valence-electron chi connectivity index (χ4n) is 3.29. The highest BCUT2D eigenvalue weighted by Crippen LogP contribution is 2.21. The zero-order valence-corrected chi connectivity index (χ0v) is 17.5. The minimum atomic E-state index is -3.65. The number of ether oxygens (including phenoxy) is 1. The Balaban J connectivity index is 1.67. The number of hydrogen-bond acceptors (Lipinski definition) is 4. The Bertz CT molecular complexity index is 982. The molecule has 156 valence electrons. The first kappa shape index (κ1) is 21.4. The van der Waals surface area contributed by atoms with Crippen LogP contribution in [0, 0.1) is 12.7 Å². The summed E-state index contributed by atoms with van der Waals surface area (Å²) in [7, 11) is -3.65. The molecule has 0 aromatic heterocycles. The molecular weight excluding hydrogens is 395 g/mol. The van der Waals surface area contributed by atoms with Crippen LogP contribution in [0.4, 0.5) is 4.39 Å². The minimum absolute atomic E-state index is 0.135. The molecule has 0 radical (unpaired) electrons. The third-order valence-corrected chi connectivity index (χ3v) is 6.68. The number of amides is 1. The second-order valence-electron chi connectivity index (χ2n) is 7.37. The number of sulfonamides is 1. The standard InChI is InChI=1S/C21H25FN2O4S/c1-14-4-5-17(10-20(14)22)11-23-21(25)18-6-8-19(9-7-18)29(26,27)24-12-15(2)28-16(3)13-24/h4-10,15-16H,11-13H2,1-3H3,(H,23,25). The summed E-state index contributed by atoms with van der Waals surface area (Å²) in [6.45, 7) is 6.12. The molecule has 3 rings (SSSR count). The van der Waals surface area contributed by atoms with Crippen LogP contribution in [0.25, 0.3) is 0 Å². The van der Waals surface area contributed by atoms with Crippen molar-refractivity contribution in [1.29, 1.82) is 0 Å². The third-order valence-electron chi connectivity index (χ3n) is 4.83. The molecule has 0 aliphatic carbocycles. The van der Waals surface area contributed by atoms with E-state index in [9.17, 15) is 17.6 Å². The van der Waals surface area contributed by atoms with Crippen LogP contribution in [0.5, 0.6) is 0 Å². The average Bonchev–Trinajstić information content (AvgIpc) is 2.68. The number of carbonyl (C=O) groups is 1. The molecule has 8 heteroatoms. The van der Waals surface area contributed by atoms with Crippen molar-refractivity contribution in [3.05, 3.63) is 65.0 Å². The predicted octanol–water partition coefficient (Wildman–Crippen LogP) is 2.86. The number of nitrogens with zero attached hydrogens (tertiary/aromatic N) is 1. The van der Waals surface area contributed by atoms with Crippen molar-refractivity contribution in [2.45, 2.75) is 44.4 Å². The molecule has 2 unspecified atom stereocenters. The Morgan fingerprint density at radius 1 is 1.14 bits per heavy atom. The Morgan fingerprint density at radius 2 is 1.76 bits per heavy atom.